The van der Waals surface area contributed by atoms with Crippen molar-refractivity contribution in [2.75, 3.05) is 11.9 Å². The number of cyclic esters (lactones) is 1. The fourth-order valence-corrected chi connectivity index (χ4v) is 8.76. The first-order chi connectivity index (χ1) is 21.1. The van der Waals surface area contributed by atoms with Gasteiger partial charge in [0.2, 0.25) is 0 Å². The number of esters is 1. The van der Waals surface area contributed by atoms with Crippen LogP contribution in [0.4, 0.5) is 10.5 Å². The Hall–Kier alpha value is -4.28. The van der Waals surface area contributed by atoms with E-state index in [-0.39, 0.29) is 24.6 Å². The van der Waals surface area contributed by atoms with E-state index < -0.39 is 19.6 Å². The normalized spacial score (nSPS) is 17.0. The van der Waals surface area contributed by atoms with Gasteiger partial charge in [0.05, 0.1) is 29.0 Å². The fraction of sp³-hybridized carbons (Fsp3) is 0.353. The number of amides is 2. The van der Waals surface area contributed by atoms with E-state index in [1.165, 1.54) is 5.56 Å². The van der Waals surface area contributed by atoms with Crippen LogP contribution in [0.1, 0.15) is 42.0 Å². The SMILES string of the molecule is CC[C@@]1(O)C(=O)OCc2c1cc1n(c2=O)Cc2c-1nc1ccccc1c2CC[Si](C)(C)CCCNC(=O)Nc1ccccc1. The lowest BCUT2D eigenvalue weighted by Crippen LogP contribution is -2.44. The van der Waals surface area contributed by atoms with Crippen LogP contribution in [0.5, 0.6) is 0 Å². The number of nitrogens with one attached hydrogen (secondary N) is 2. The predicted octanol–water partition coefficient (Wildman–Crippen LogP) is 5.54. The smallest absolute Gasteiger partial charge is 0.343 e. The third-order valence-electron chi connectivity index (χ3n) is 9.11. The standard InChI is InChI=1S/C34H38N4O5Si/c1-4-34(42)27-19-29-30-25(20-38(29)31(39)26(27)21-43-32(34)40)23(24-13-8-9-14-28(24)37-30)15-18-44(2,3)17-10-16-35-33(41)36-22-11-6-5-7-12-22/h5-9,11-14,19,42H,4,10,15-18,20-21H2,1-3H3,(H2,35,36,41)/t34-/m0/s1. The Labute approximate surface area is 257 Å². The molecule has 6 rings (SSSR count). The minimum absolute atomic E-state index is 0.109. The van der Waals surface area contributed by atoms with Crippen LogP contribution in [-0.2, 0) is 34.7 Å². The minimum atomic E-state index is -1.85. The van der Waals surface area contributed by atoms with E-state index in [0.29, 0.717) is 29.9 Å². The Bertz CT molecular complexity index is 1820. The van der Waals surface area contributed by atoms with Gasteiger partial charge in [-0.3, -0.25) is 4.79 Å². The number of carbonyl (C=O) groups is 2. The van der Waals surface area contributed by atoms with Crippen LogP contribution < -0.4 is 16.2 Å². The Balaban J connectivity index is 1.22. The highest BCUT2D eigenvalue weighted by Gasteiger charge is 2.45. The summed E-state index contributed by atoms with van der Waals surface area (Å²) in [6, 6.07) is 21.2. The maximum atomic E-state index is 13.7. The molecule has 4 heterocycles. The molecule has 0 unspecified atom stereocenters. The molecule has 2 amide bonds. The maximum absolute atomic E-state index is 13.7. The molecule has 4 aromatic rings. The van der Waals surface area contributed by atoms with Crippen molar-refractivity contribution in [1.82, 2.24) is 14.9 Å². The maximum Gasteiger partial charge on any atom is 0.343 e. The van der Waals surface area contributed by atoms with Crippen LogP contribution >= 0.6 is 0 Å². The number of nitrogens with zero attached hydrogens (tertiary/aromatic N) is 2. The molecule has 0 saturated heterocycles. The Morgan fingerprint density at radius 2 is 1.82 bits per heavy atom. The number of aromatic nitrogens is 2. The molecule has 0 radical (unpaired) electrons. The number of rotatable bonds is 9. The first kappa shape index (κ1) is 29.8. The van der Waals surface area contributed by atoms with Crippen molar-refractivity contribution in [1.29, 1.82) is 0 Å². The minimum Gasteiger partial charge on any atom is -0.458 e. The van der Waals surface area contributed by atoms with Gasteiger partial charge in [0.25, 0.3) is 5.56 Å². The molecule has 3 N–H and O–H groups in total. The predicted molar refractivity (Wildman–Crippen MR) is 173 cm³/mol. The summed E-state index contributed by atoms with van der Waals surface area (Å²) in [5.41, 5.74) is 3.79. The summed E-state index contributed by atoms with van der Waals surface area (Å²) in [5, 5.41) is 18.1. The van der Waals surface area contributed by atoms with Gasteiger partial charge >= 0.3 is 12.0 Å². The number of aliphatic hydroxyl groups is 1. The van der Waals surface area contributed by atoms with Crippen LogP contribution in [0.2, 0.25) is 25.2 Å². The van der Waals surface area contributed by atoms with Gasteiger partial charge in [-0.15, -0.1) is 0 Å². The van der Waals surface area contributed by atoms with E-state index in [1.807, 2.05) is 48.5 Å². The van der Waals surface area contributed by atoms with Crippen LogP contribution in [0.25, 0.3) is 22.3 Å². The van der Waals surface area contributed by atoms with Crippen molar-refractivity contribution in [2.45, 2.75) is 70.1 Å². The molecule has 9 nitrogen and oxygen atoms in total. The number of urea groups is 1. The molecule has 0 saturated carbocycles. The lowest BCUT2D eigenvalue weighted by Gasteiger charge is -2.31. The summed E-state index contributed by atoms with van der Waals surface area (Å²) >= 11 is 0. The van der Waals surface area contributed by atoms with E-state index >= 15 is 0 Å². The molecular formula is C34H38N4O5Si. The highest BCUT2D eigenvalue weighted by atomic mass is 28.3. The van der Waals surface area contributed by atoms with Gasteiger partial charge in [-0.1, -0.05) is 68.5 Å². The molecule has 0 bridgehead atoms. The topological polar surface area (TPSA) is 123 Å². The van der Waals surface area contributed by atoms with E-state index in [1.54, 1.807) is 17.6 Å². The molecular weight excluding hydrogens is 572 g/mol. The van der Waals surface area contributed by atoms with Gasteiger partial charge in [-0.05, 0) is 49.1 Å². The zero-order valence-corrected chi connectivity index (χ0v) is 26.4. The summed E-state index contributed by atoms with van der Waals surface area (Å²) in [5.74, 6) is -0.721. The molecule has 2 aromatic carbocycles. The molecule has 2 aliphatic heterocycles. The molecule has 2 aromatic heterocycles. The fourth-order valence-electron chi connectivity index (χ4n) is 6.45. The number of hydrogen-bond acceptors (Lipinski definition) is 6. The lowest BCUT2D eigenvalue weighted by molar-refractivity contribution is -0.172. The molecule has 10 heteroatoms. The largest absolute Gasteiger partial charge is 0.458 e. The summed E-state index contributed by atoms with van der Waals surface area (Å²) in [6.07, 6.45) is 1.87. The second-order valence-corrected chi connectivity index (χ2v) is 17.9. The van der Waals surface area contributed by atoms with Crippen LogP contribution in [-0.4, -0.2) is 41.3 Å². The lowest BCUT2D eigenvalue weighted by atomic mass is 9.86. The number of carbonyl (C=O) groups excluding carboxylic acids is 2. The van der Waals surface area contributed by atoms with Crippen LogP contribution in [0.15, 0.2) is 65.5 Å². The number of ether oxygens (including phenoxy) is 1. The first-order valence-corrected chi connectivity index (χ1v) is 18.7. The first-order valence-electron chi connectivity index (χ1n) is 15.3. The molecule has 44 heavy (non-hydrogen) atoms. The summed E-state index contributed by atoms with van der Waals surface area (Å²) in [7, 11) is -1.64. The van der Waals surface area contributed by atoms with Crippen molar-refractivity contribution >= 4 is 36.7 Å². The third-order valence-corrected chi connectivity index (χ3v) is 12.4. The van der Waals surface area contributed by atoms with E-state index in [4.69, 9.17) is 9.72 Å². The average Bonchev–Trinajstić information content (AvgIpc) is 3.38. The van der Waals surface area contributed by atoms with Crippen LogP contribution in [0, 0.1) is 0 Å². The molecule has 228 valence electrons. The summed E-state index contributed by atoms with van der Waals surface area (Å²) < 4.78 is 6.94. The third kappa shape index (κ3) is 5.44. The van der Waals surface area contributed by atoms with Gasteiger partial charge in [-0.25, -0.2) is 14.6 Å². The highest BCUT2D eigenvalue weighted by Crippen LogP contribution is 2.41. The van der Waals surface area contributed by atoms with Gasteiger partial charge < -0.3 is 25.0 Å². The summed E-state index contributed by atoms with van der Waals surface area (Å²) in [4.78, 5) is 43.5. The molecule has 0 aliphatic carbocycles. The number of anilines is 1. The quantitative estimate of drug-likeness (QED) is 0.114. The number of aryl methyl sites for hydroxylation is 1. The Morgan fingerprint density at radius 1 is 1.07 bits per heavy atom. The number of para-hydroxylation sites is 2. The number of pyridine rings is 2. The van der Waals surface area contributed by atoms with Gasteiger partial charge in [0, 0.05) is 36.8 Å². The highest BCUT2D eigenvalue weighted by molar-refractivity contribution is 6.77. The number of benzene rings is 2. The van der Waals surface area contributed by atoms with E-state index in [2.05, 4.69) is 29.8 Å². The monoisotopic (exact) mass is 610 g/mol. The van der Waals surface area contributed by atoms with Crippen molar-refractivity contribution in [2.24, 2.45) is 0 Å². The van der Waals surface area contributed by atoms with Crippen LogP contribution in [0.3, 0.4) is 0 Å². The van der Waals surface area contributed by atoms with Gasteiger partial charge in [0.15, 0.2) is 5.60 Å². The number of fused-ring (bicyclic) bond motifs is 5. The van der Waals surface area contributed by atoms with E-state index in [9.17, 15) is 19.5 Å². The zero-order valence-electron chi connectivity index (χ0n) is 25.4. The van der Waals surface area contributed by atoms with E-state index in [0.717, 1.165) is 52.8 Å². The van der Waals surface area contributed by atoms with Crippen molar-refractivity contribution in [3.05, 3.63) is 93.3 Å². The summed E-state index contributed by atoms with van der Waals surface area (Å²) in [6.45, 7) is 7.34. The van der Waals surface area contributed by atoms with Crippen molar-refractivity contribution in [3.8, 4) is 11.4 Å². The number of hydrogen-bond donors (Lipinski definition) is 3. The zero-order chi connectivity index (χ0) is 31.1. The van der Waals surface area contributed by atoms with Gasteiger partial charge in [-0.2, -0.15) is 0 Å². The Kier molecular flexibility index (Phi) is 7.89. The second kappa shape index (κ2) is 11.7. The Morgan fingerprint density at radius 3 is 2.59 bits per heavy atom. The van der Waals surface area contributed by atoms with Crippen molar-refractivity contribution in [3.63, 3.8) is 0 Å². The van der Waals surface area contributed by atoms with Gasteiger partial charge in [0.1, 0.15) is 6.61 Å². The second-order valence-electron chi connectivity index (χ2n) is 12.6. The molecule has 1 atom stereocenters. The molecule has 0 spiro atoms. The average molecular weight is 611 g/mol. The van der Waals surface area contributed by atoms with Crippen molar-refractivity contribution < 1.29 is 19.4 Å². The molecule has 2 aliphatic rings. The molecule has 0 fully saturated rings.